The van der Waals surface area contributed by atoms with E-state index in [9.17, 15) is 13.2 Å². The summed E-state index contributed by atoms with van der Waals surface area (Å²) < 4.78 is 26.7. The summed E-state index contributed by atoms with van der Waals surface area (Å²) in [5.74, 6) is -0.147. The summed E-state index contributed by atoms with van der Waals surface area (Å²) in [5, 5.41) is 3.32. The minimum absolute atomic E-state index is 0. The van der Waals surface area contributed by atoms with Crippen molar-refractivity contribution in [1.29, 1.82) is 0 Å². The molecule has 1 aliphatic rings. The molecule has 2 N–H and O–H groups in total. The summed E-state index contributed by atoms with van der Waals surface area (Å²) in [4.78, 5) is 14.6. The highest BCUT2D eigenvalue weighted by Gasteiger charge is 2.29. The van der Waals surface area contributed by atoms with Crippen LogP contribution >= 0.6 is 12.4 Å². The number of halogens is 1. The van der Waals surface area contributed by atoms with E-state index < -0.39 is 10.0 Å². The van der Waals surface area contributed by atoms with Crippen LogP contribution in [0.25, 0.3) is 0 Å². The number of piperazine rings is 1. The second kappa shape index (κ2) is 8.62. The van der Waals surface area contributed by atoms with Gasteiger partial charge < -0.3 is 10.2 Å². The molecule has 1 aromatic carbocycles. The summed E-state index contributed by atoms with van der Waals surface area (Å²) in [6.07, 6.45) is 1.47. The number of amides is 1. The number of hydrogen-bond donors (Lipinski definition) is 2. The van der Waals surface area contributed by atoms with E-state index in [-0.39, 0.29) is 41.8 Å². The number of rotatable bonds is 5. The third-order valence-corrected chi connectivity index (χ3v) is 5.53. The topological polar surface area (TPSA) is 78.5 Å². The Kier molecular flexibility index (Phi) is 7.41. The van der Waals surface area contributed by atoms with Gasteiger partial charge in [0, 0.05) is 37.3 Å². The summed E-state index contributed by atoms with van der Waals surface area (Å²) in [5.41, 5.74) is 0.382. The number of benzene rings is 1. The largest absolute Gasteiger partial charge is 0.333 e. The van der Waals surface area contributed by atoms with Gasteiger partial charge in [0.25, 0.3) is 5.91 Å². The lowest BCUT2D eigenvalue weighted by Gasteiger charge is -2.38. The molecule has 2 unspecified atom stereocenters. The molecule has 24 heavy (non-hydrogen) atoms. The van der Waals surface area contributed by atoms with Gasteiger partial charge in [-0.05, 0) is 32.0 Å². The lowest BCUT2D eigenvalue weighted by Crippen LogP contribution is -2.57. The van der Waals surface area contributed by atoms with E-state index in [1.165, 1.54) is 18.2 Å². The third-order valence-electron chi connectivity index (χ3n) is 4.10. The van der Waals surface area contributed by atoms with Gasteiger partial charge in [-0.25, -0.2) is 13.1 Å². The molecule has 2 atom stereocenters. The fourth-order valence-electron chi connectivity index (χ4n) is 2.56. The van der Waals surface area contributed by atoms with Crippen molar-refractivity contribution in [3.8, 4) is 0 Å². The van der Waals surface area contributed by atoms with Crippen molar-refractivity contribution in [3.05, 3.63) is 42.5 Å². The van der Waals surface area contributed by atoms with E-state index in [0.717, 1.165) is 6.54 Å². The Balaban J connectivity index is 0.00000288. The van der Waals surface area contributed by atoms with Crippen molar-refractivity contribution in [2.45, 2.75) is 30.8 Å². The van der Waals surface area contributed by atoms with E-state index in [2.05, 4.69) is 16.6 Å². The Labute approximate surface area is 149 Å². The zero-order chi connectivity index (χ0) is 17.0. The third kappa shape index (κ3) is 4.57. The van der Waals surface area contributed by atoms with Gasteiger partial charge >= 0.3 is 0 Å². The minimum Gasteiger partial charge on any atom is -0.333 e. The van der Waals surface area contributed by atoms with Crippen LogP contribution in [0.15, 0.2) is 41.8 Å². The van der Waals surface area contributed by atoms with Gasteiger partial charge in [-0.1, -0.05) is 12.1 Å². The van der Waals surface area contributed by atoms with Gasteiger partial charge in [0.05, 0.1) is 4.90 Å². The molecule has 1 aliphatic heterocycles. The van der Waals surface area contributed by atoms with Crippen molar-refractivity contribution >= 4 is 28.3 Å². The maximum Gasteiger partial charge on any atom is 0.254 e. The maximum absolute atomic E-state index is 12.7. The normalized spacial score (nSPS) is 21.0. The average molecular weight is 374 g/mol. The molecule has 0 radical (unpaired) electrons. The number of hydrogen-bond acceptors (Lipinski definition) is 4. The lowest BCUT2D eigenvalue weighted by atomic mass is 10.1. The summed E-state index contributed by atoms with van der Waals surface area (Å²) in [7, 11) is -3.64. The number of nitrogens with one attached hydrogen (secondary N) is 2. The minimum atomic E-state index is -3.64. The molecule has 2 rings (SSSR count). The first-order chi connectivity index (χ1) is 10.9. The highest BCUT2D eigenvalue weighted by Crippen LogP contribution is 2.17. The number of sulfonamides is 1. The Hall–Kier alpha value is -1.41. The van der Waals surface area contributed by atoms with E-state index in [1.807, 2.05) is 13.8 Å². The molecule has 8 heteroatoms. The Bertz CT molecular complexity index is 694. The summed E-state index contributed by atoms with van der Waals surface area (Å²) >= 11 is 0. The highest BCUT2D eigenvalue weighted by molar-refractivity contribution is 7.89. The summed E-state index contributed by atoms with van der Waals surface area (Å²) in [6.45, 7) is 8.99. The lowest BCUT2D eigenvalue weighted by molar-refractivity contribution is 0.0602. The highest BCUT2D eigenvalue weighted by atomic mass is 35.5. The van der Waals surface area contributed by atoms with Crippen LogP contribution in [0.2, 0.25) is 0 Å². The maximum atomic E-state index is 12.7. The molecule has 134 valence electrons. The predicted octanol–water partition coefficient (Wildman–Crippen LogP) is 1.40. The number of nitrogens with zero attached hydrogens (tertiary/aromatic N) is 1. The van der Waals surface area contributed by atoms with Crippen molar-refractivity contribution in [1.82, 2.24) is 14.9 Å². The van der Waals surface area contributed by atoms with E-state index in [1.54, 1.807) is 17.0 Å². The number of carbonyl (C=O) groups excluding carboxylic acids is 1. The second-order valence-electron chi connectivity index (χ2n) is 5.65. The van der Waals surface area contributed by atoms with Crippen molar-refractivity contribution in [2.24, 2.45) is 0 Å². The van der Waals surface area contributed by atoms with Crippen LogP contribution in [0.1, 0.15) is 24.2 Å². The molecule has 0 aromatic heterocycles. The average Bonchev–Trinajstić information content (AvgIpc) is 2.55. The van der Waals surface area contributed by atoms with Gasteiger partial charge in [0.2, 0.25) is 10.0 Å². The molecule has 1 amide bonds. The quantitative estimate of drug-likeness (QED) is 0.764. The van der Waals surface area contributed by atoms with Gasteiger partial charge in [-0.3, -0.25) is 4.79 Å². The van der Waals surface area contributed by atoms with Gasteiger partial charge in [0.15, 0.2) is 0 Å². The van der Waals surface area contributed by atoms with Crippen LogP contribution in [0.5, 0.6) is 0 Å². The van der Waals surface area contributed by atoms with E-state index >= 15 is 0 Å². The fraction of sp³-hybridized carbons (Fsp3) is 0.438. The molecule has 1 fully saturated rings. The number of carbonyl (C=O) groups is 1. The second-order valence-corrected chi connectivity index (χ2v) is 7.42. The van der Waals surface area contributed by atoms with Crippen LogP contribution in [-0.2, 0) is 10.0 Å². The Morgan fingerprint density at radius 1 is 1.46 bits per heavy atom. The predicted molar refractivity (Wildman–Crippen MR) is 97.0 cm³/mol. The van der Waals surface area contributed by atoms with Crippen molar-refractivity contribution in [3.63, 3.8) is 0 Å². The molecule has 1 heterocycles. The molecule has 0 bridgehead atoms. The van der Waals surface area contributed by atoms with Gasteiger partial charge in [-0.2, -0.15) is 0 Å². The van der Waals surface area contributed by atoms with Crippen LogP contribution in [0.3, 0.4) is 0 Å². The first-order valence-corrected chi connectivity index (χ1v) is 9.10. The van der Waals surface area contributed by atoms with E-state index in [0.29, 0.717) is 12.1 Å². The zero-order valence-corrected chi connectivity index (χ0v) is 15.5. The Morgan fingerprint density at radius 2 is 2.17 bits per heavy atom. The van der Waals surface area contributed by atoms with Crippen LogP contribution in [-0.4, -0.2) is 50.9 Å². The van der Waals surface area contributed by atoms with E-state index in [4.69, 9.17) is 0 Å². The molecule has 6 nitrogen and oxygen atoms in total. The molecular formula is C16H24ClN3O3S. The van der Waals surface area contributed by atoms with Crippen molar-refractivity contribution < 1.29 is 13.2 Å². The van der Waals surface area contributed by atoms with Crippen LogP contribution in [0.4, 0.5) is 0 Å². The monoisotopic (exact) mass is 373 g/mol. The Morgan fingerprint density at radius 3 is 2.83 bits per heavy atom. The zero-order valence-electron chi connectivity index (χ0n) is 13.9. The first-order valence-electron chi connectivity index (χ1n) is 7.62. The van der Waals surface area contributed by atoms with Crippen LogP contribution < -0.4 is 10.0 Å². The SMILES string of the molecule is C=CCNS(=O)(=O)c1cccc(C(=O)N2CCNC(C)C2C)c1.Cl. The molecule has 0 aliphatic carbocycles. The molecule has 0 spiro atoms. The fourth-order valence-corrected chi connectivity index (χ4v) is 3.60. The van der Waals surface area contributed by atoms with Gasteiger partial charge in [0.1, 0.15) is 0 Å². The van der Waals surface area contributed by atoms with Crippen LogP contribution in [0, 0.1) is 0 Å². The van der Waals surface area contributed by atoms with Gasteiger partial charge in [-0.15, -0.1) is 19.0 Å². The van der Waals surface area contributed by atoms with Crippen molar-refractivity contribution in [2.75, 3.05) is 19.6 Å². The molecule has 1 saturated heterocycles. The molecule has 1 aromatic rings. The smallest absolute Gasteiger partial charge is 0.254 e. The standard InChI is InChI=1S/C16H23N3O3S.ClH/c1-4-8-18-23(21,22)15-7-5-6-14(11-15)16(20)19-10-9-17-12(2)13(19)3;/h4-7,11-13,17-18H,1,8-10H2,2-3H3;1H. The molecular weight excluding hydrogens is 350 g/mol. The molecule has 0 saturated carbocycles. The summed E-state index contributed by atoms with van der Waals surface area (Å²) in [6, 6.07) is 6.39. The first kappa shape index (κ1) is 20.6.